The van der Waals surface area contributed by atoms with Crippen molar-refractivity contribution in [3.05, 3.63) is 108 Å². The number of alkyl carbamates (subject to hydrolysis) is 1. The van der Waals surface area contributed by atoms with Gasteiger partial charge in [-0.2, -0.15) is 0 Å². The molecule has 5 aromatic rings. The van der Waals surface area contributed by atoms with Crippen LogP contribution in [-0.2, 0) is 24.7 Å². The molecule has 5 atom stereocenters. The van der Waals surface area contributed by atoms with Crippen molar-refractivity contribution in [1.29, 1.82) is 0 Å². The highest BCUT2D eigenvalue weighted by Crippen LogP contribution is 2.39. The first-order valence-electron chi connectivity index (χ1n) is 19.9. The fourth-order valence-electron chi connectivity index (χ4n) is 8.85. The minimum Gasteiger partial charge on any atom is -0.453 e. The number of benzene rings is 3. The first-order chi connectivity index (χ1) is 28.1. The Morgan fingerprint density at radius 1 is 0.741 bits per heavy atom. The highest BCUT2D eigenvalue weighted by Gasteiger charge is 2.46. The van der Waals surface area contributed by atoms with Gasteiger partial charge in [0, 0.05) is 30.6 Å². The van der Waals surface area contributed by atoms with E-state index in [1.54, 1.807) is 42.3 Å². The molecule has 3 aliphatic rings. The van der Waals surface area contributed by atoms with E-state index in [0.29, 0.717) is 37.3 Å². The van der Waals surface area contributed by atoms with Crippen molar-refractivity contribution >= 4 is 24.0 Å². The lowest BCUT2D eigenvalue weighted by Gasteiger charge is -2.34. The molecular formula is C44H48N8O6. The fourth-order valence-corrected chi connectivity index (χ4v) is 8.85. The zero-order chi connectivity index (χ0) is 40.4. The van der Waals surface area contributed by atoms with Gasteiger partial charge in [0.1, 0.15) is 11.6 Å². The molecule has 1 aliphatic carbocycles. The van der Waals surface area contributed by atoms with E-state index in [2.05, 4.69) is 56.7 Å². The van der Waals surface area contributed by atoms with Crippen molar-refractivity contribution < 1.29 is 28.7 Å². The van der Waals surface area contributed by atoms with Crippen LogP contribution in [0.15, 0.2) is 91.3 Å². The van der Waals surface area contributed by atoms with E-state index in [-0.39, 0.29) is 35.9 Å². The number of imidazole rings is 2. The third kappa shape index (κ3) is 7.65. The molecule has 0 radical (unpaired) electrons. The predicted molar refractivity (Wildman–Crippen MR) is 216 cm³/mol. The van der Waals surface area contributed by atoms with Gasteiger partial charge in [0.05, 0.1) is 43.0 Å². The summed E-state index contributed by atoms with van der Waals surface area (Å²) >= 11 is 0. The number of carbonyl (C=O) groups is 4. The number of ether oxygens (including phenoxy) is 2. The predicted octanol–water partition coefficient (Wildman–Crippen LogP) is 7.00. The number of primary amides is 1. The lowest BCUT2D eigenvalue weighted by atomic mass is 9.93. The van der Waals surface area contributed by atoms with E-state index in [1.165, 1.54) is 7.11 Å². The maximum Gasteiger partial charge on any atom is 0.407 e. The van der Waals surface area contributed by atoms with Crippen LogP contribution in [0.3, 0.4) is 0 Å². The number of hydrogen-bond acceptors (Lipinski definition) is 8. The van der Waals surface area contributed by atoms with Crippen LogP contribution in [-0.4, -0.2) is 80.0 Å². The number of aromatic nitrogens is 4. The Labute approximate surface area is 336 Å². The van der Waals surface area contributed by atoms with E-state index in [0.717, 1.165) is 71.6 Å². The first kappa shape index (κ1) is 38.4. The van der Waals surface area contributed by atoms with E-state index in [9.17, 15) is 19.2 Å². The summed E-state index contributed by atoms with van der Waals surface area (Å²) in [5.41, 5.74) is 10.2. The molecule has 58 heavy (non-hydrogen) atoms. The first-order valence-corrected chi connectivity index (χ1v) is 19.9. The summed E-state index contributed by atoms with van der Waals surface area (Å²) in [5, 5.41) is 2.84. The van der Waals surface area contributed by atoms with Crippen molar-refractivity contribution in [3.8, 4) is 33.6 Å². The molecule has 0 bridgehead atoms. The largest absolute Gasteiger partial charge is 0.453 e. The highest BCUT2D eigenvalue weighted by atomic mass is 16.6. The highest BCUT2D eigenvalue weighted by molar-refractivity contribution is 5.89. The Kier molecular flexibility index (Phi) is 10.7. The van der Waals surface area contributed by atoms with Gasteiger partial charge >= 0.3 is 12.2 Å². The second-order valence-electron chi connectivity index (χ2n) is 15.5. The average Bonchev–Trinajstić information content (AvgIpc) is 4.10. The van der Waals surface area contributed by atoms with Gasteiger partial charge in [-0.25, -0.2) is 19.6 Å². The molecule has 3 aromatic carbocycles. The SMILES string of the molecule is COC(=O)N[C@@H]1CC[C@H](C(=O)N2CCC[C@H]2c2ncc(-c3ccc(-c4ccc(-c5cnc([C@@H]6CCCN6C(=O)[C@](C)(OC(N)=O)c6ccccc6)[nH]5)cc4)cc3)[nH]2)C1. The summed E-state index contributed by atoms with van der Waals surface area (Å²) in [5.74, 6) is 1.12. The van der Waals surface area contributed by atoms with Crippen molar-refractivity contribution in [1.82, 2.24) is 35.1 Å². The number of amides is 4. The third-order valence-corrected chi connectivity index (χ3v) is 11.9. The summed E-state index contributed by atoms with van der Waals surface area (Å²) in [6.07, 6.45) is 7.54. The fraction of sp³-hybridized carbons (Fsp3) is 0.364. The number of nitrogens with zero attached hydrogens (tertiary/aromatic N) is 4. The molecule has 14 heteroatoms. The monoisotopic (exact) mass is 784 g/mol. The number of rotatable bonds is 10. The average molecular weight is 785 g/mol. The van der Waals surface area contributed by atoms with E-state index >= 15 is 0 Å². The van der Waals surface area contributed by atoms with Crippen LogP contribution < -0.4 is 11.1 Å². The number of likely N-dealkylation sites (tertiary alicyclic amines) is 2. The Bertz CT molecular complexity index is 2270. The summed E-state index contributed by atoms with van der Waals surface area (Å²) in [7, 11) is 1.35. The number of aromatic amines is 2. The lowest BCUT2D eigenvalue weighted by Crippen LogP contribution is -2.48. The number of H-pyrrole nitrogens is 2. The van der Waals surface area contributed by atoms with Crippen molar-refractivity contribution in [3.63, 3.8) is 0 Å². The second kappa shape index (κ2) is 16.2. The summed E-state index contributed by atoms with van der Waals surface area (Å²) < 4.78 is 10.2. The molecule has 2 saturated heterocycles. The van der Waals surface area contributed by atoms with Gasteiger partial charge in [0.2, 0.25) is 11.5 Å². The molecule has 2 aliphatic heterocycles. The van der Waals surface area contributed by atoms with Crippen LogP contribution >= 0.6 is 0 Å². The van der Waals surface area contributed by atoms with Crippen molar-refractivity contribution in [2.24, 2.45) is 11.7 Å². The standard InChI is InChI=1S/C44H48N8O6/c1-44(58-42(45)55,32-8-4-3-5-9-32)41(54)52-23-7-11-37(52)39-47-26-35(50-39)30-18-14-28(15-19-30)27-12-16-29(17-13-27)34-25-46-38(49-34)36-10-6-22-51(36)40(53)31-20-21-33(24-31)48-43(56)57-2/h3-5,8-9,12-19,25-26,31,33,36-37H,6-7,10-11,20-24H2,1-2H3,(H2,45,55)(H,46,49)(H,47,50)(H,48,56)/t31-,33+,36-,37-,44+/m0/s1. The van der Waals surface area contributed by atoms with Crippen LogP contribution in [0, 0.1) is 5.92 Å². The molecule has 14 nitrogen and oxygen atoms in total. The molecule has 1 saturated carbocycles. The summed E-state index contributed by atoms with van der Waals surface area (Å²) in [6, 6.07) is 25.0. The molecule has 4 heterocycles. The van der Waals surface area contributed by atoms with Crippen LogP contribution in [0.5, 0.6) is 0 Å². The Balaban J connectivity index is 0.910. The Morgan fingerprint density at radius 3 is 1.83 bits per heavy atom. The van der Waals surface area contributed by atoms with Gasteiger partial charge in [-0.15, -0.1) is 0 Å². The third-order valence-electron chi connectivity index (χ3n) is 11.9. The number of nitrogens with one attached hydrogen (secondary N) is 3. The molecular weight excluding hydrogens is 737 g/mol. The quantitative estimate of drug-likeness (QED) is 0.117. The molecule has 5 N–H and O–H groups in total. The Hall–Kier alpha value is -6.44. The molecule has 0 spiro atoms. The van der Waals surface area contributed by atoms with Crippen LogP contribution in [0.4, 0.5) is 9.59 Å². The van der Waals surface area contributed by atoms with E-state index in [1.807, 2.05) is 29.3 Å². The normalized spacial score (nSPS) is 21.4. The molecule has 0 unspecified atom stereocenters. The smallest absolute Gasteiger partial charge is 0.407 e. The van der Waals surface area contributed by atoms with Gasteiger partial charge < -0.3 is 40.3 Å². The summed E-state index contributed by atoms with van der Waals surface area (Å²) in [4.78, 5) is 71.2. The van der Waals surface area contributed by atoms with Crippen molar-refractivity contribution in [2.75, 3.05) is 20.2 Å². The van der Waals surface area contributed by atoms with Crippen LogP contribution in [0.1, 0.15) is 81.2 Å². The van der Waals surface area contributed by atoms with Gasteiger partial charge in [-0.1, -0.05) is 78.9 Å². The molecule has 3 fully saturated rings. The van der Waals surface area contributed by atoms with Crippen LogP contribution in [0.2, 0.25) is 0 Å². The second-order valence-corrected chi connectivity index (χ2v) is 15.5. The van der Waals surface area contributed by atoms with Gasteiger partial charge in [-0.3, -0.25) is 9.59 Å². The number of carbonyl (C=O) groups excluding carboxylic acids is 4. The maximum absolute atomic E-state index is 14.0. The minimum atomic E-state index is -1.58. The number of hydrogen-bond donors (Lipinski definition) is 4. The molecule has 8 rings (SSSR count). The molecule has 4 amide bonds. The zero-order valence-corrected chi connectivity index (χ0v) is 32.6. The minimum absolute atomic E-state index is 0.0475. The molecule has 300 valence electrons. The van der Waals surface area contributed by atoms with Gasteiger partial charge in [-0.05, 0) is 74.1 Å². The molecule has 2 aromatic heterocycles. The lowest BCUT2D eigenvalue weighted by molar-refractivity contribution is -0.151. The topological polar surface area (TPSA) is 189 Å². The van der Waals surface area contributed by atoms with Gasteiger partial charge in [0.25, 0.3) is 5.91 Å². The van der Waals surface area contributed by atoms with E-state index in [4.69, 9.17) is 20.2 Å². The summed E-state index contributed by atoms with van der Waals surface area (Å²) in [6.45, 7) is 2.78. The van der Waals surface area contributed by atoms with Crippen LogP contribution in [0.25, 0.3) is 33.6 Å². The Morgan fingerprint density at radius 2 is 1.28 bits per heavy atom. The zero-order valence-electron chi connectivity index (χ0n) is 32.6. The van der Waals surface area contributed by atoms with Gasteiger partial charge in [0.15, 0.2) is 0 Å². The maximum atomic E-state index is 14.0. The van der Waals surface area contributed by atoms with Crippen molar-refractivity contribution in [2.45, 2.75) is 75.6 Å². The number of nitrogens with two attached hydrogens (primary N) is 1. The number of methoxy groups -OCH3 is 1. The van der Waals surface area contributed by atoms with E-state index < -0.39 is 17.8 Å².